The highest BCUT2D eigenvalue weighted by Gasteiger charge is 2.41. The number of rotatable bonds is 3. The van der Waals surface area contributed by atoms with Gasteiger partial charge in [-0.2, -0.15) is 0 Å². The van der Waals surface area contributed by atoms with Gasteiger partial charge in [0.05, 0.1) is 0 Å². The molecule has 0 aromatic heterocycles. The maximum Gasteiger partial charge on any atom is 0.253 e. The Labute approximate surface area is 155 Å². The molecule has 4 rings (SSSR count). The summed E-state index contributed by atoms with van der Waals surface area (Å²) in [5, 5.41) is 6.37. The van der Waals surface area contributed by atoms with Crippen molar-refractivity contribution in [3.63, 3.8) is 0 Å². The van der Waals surface area contributed by atoms with Crippen molar-refractivity contribution in [2.75, 3.05) is 32.7 Å². The van der Waals surface area contributed by atoms with Crippen LogP contribution in [0, 0.1) is 11.3 Å². The van der Waals surface area contributed by atoms with Crippen LogP contribution in [0.4, 0.5) is 0 Å². The fourth-order valence-electron chi connectivity index (χ4n) is 4.72. The monoisotopic (exact) mass is 355 g/mol. The number of carbonyl (C=O) groups excluding carboxylic acids is 2. The largest absolute Gasteiger partial charge is 0.356 e. The van der Waals surface area contributed by atoms with Gasteiger partial charge in [-0.3, -0.25) is 9.59 Å². The lowest BCUT2D eigenvalue weighted by atomic mass is 9.77. The van der Waals surface area contributed by atoms with Crippen LogP contribution in [0.5, 0.6) is 0 Å². The van der Waals surface area contributed by atoms with Crippen LogP contribution >= 0.6 is 0 Å². The molecule has 140 valence electrons. The first kappa shape index (κ1) is 17.5. The second kappa shape index (κ2) is 7.39. The van der Waals surface area contributed by atoms with Gasteiger partial charge in [-0.15, -0.1) is 0 Å². The van der Waals surface area contributed by atoms with E-state index in [1.54, 1.807) is 0 Å². The summed E-state index contributed by atoms with van der Waals surface area (Å²) in [5.41, 5.74) is 2.18. The van der Waals surface area contributed by atoms with Gasteiger partial charge in [0, 0.05) is 31.6 Å². The lowest BCUT2D eigenvalue weighted by Crippen LogP contribution is -2.44. The van der Waals surface area contributed by atoms with Crippen LogP contribution in [0.2, 0.25) is 0 Å². The van der Waals surface area contributed by atoms with E-state index in [0.717, 1.165) is 63.5 Å². The molecule has 1 aromatic rings. The van der Waals surface area contributed by atoms with Gasteiger partial charge < -0.3 is 15.5 Å². The third-order valence-corrected chi connectivity index (χ3v) is 6.46. The predicted octanol–water partition coefficient (Wildman–Crippen LogP) is 1.97. The average molecular weight is 355 g/mol. The van der Waals surface area contributed by atoms with E-state index in [0.29, 0.717) is 6.42 Å². The van der Waals surface area contributed by atoms with Gasteiger partial charge in [-0.05, 0) is 74.2 Å². The quantitative estimate of drug-likeness (QED) is 0.871. The molecule has 3 aliphatic heterocycles. The number of carbonyl (C=O) groups is 2. The molecular formula is C21H29N3O2. The lowest BCUT2D eigenvalue weighted by molar-refractivity contribution is -0.119. The number of piperidine rings is 2. The molecular weight excluding hydrogens is 326 g/mol. The van der Waals surface area contributed by atoms with Crippen LogP contribution in [0.25, 0.3) is 0 Å². The molecule has 0 unspecified atom stereocenters. The molecule has 3 heterocycles. The summed E-state index contributed by atoms with van der Waals surface area (Å²) in [6, 6.07) is 8.21. The Morgan fingerprint density at radius 2 is 1.96 bits per heavy atom. The highest BCUT2D eigenvalue weighted by Crippen LogP contribution is 2.37. The SMILES string of the molecule is O=C1CC2(CCN(C(=O)c3cccc(CC4CCNCC4)c3)CC2)CN1. The molecule has 1 spiro atoms. The van der Waals surface area contributed by atoms with E-state index in [-0.39, 0.29) is 17.2 Å². The summed E-state index contributed by atoms with van der Waals surface area (Å²) in [5.74, 6) is 1.03. The molecule has 0 saturated carbocycles. The minimum Gasteiger partial charge on any atom is -0.356 e. The summed E-state index contributed by atoms with van der Waals surface area (Å²) >= 11 is 0. The summed E-state index contributed by atoms with van der Waals surface area (Å²) in [6.45, 7) is 4.50. The number of likely N-dealkylation sites (tertiary alicyclic amines) is 1. The van der Waals surface area contributed by atoms with E-state index in [1.165, 1.54) is 18.4 Å². The molecule has 0 aliphatic carbocycles. The first-order chi connectivity index (χ1) is 12.6. The Kier molecular flexibility index (Phi) is 4.98. The fraction of sp³-hybridized carbons (Fsp3) is 0.619. The van der Waals surface area contributed by atoms with Crippen molar-refractivity contribution >= 4 is 11.8 Å². The minimum absolute atomic E-state index is 0.0880. The lowest BCUT2D eigenvalue weighted by Gasteiger charge is -2.38. The van der Waals surface area contributed by atoms with E-state index >= 15 is 0 Å². The fourth-order valence-corrected chi connectivity index (χ4v) is 4.72. The van der Waals surface area contributed by atoms with Crippen LogP contribution < -0.4 is 10.6 Å². The topological polar surface area (TPSA) is 61.4 Å². The predicted molar refractivity (Wildman–Crippen MR) is 101 cm³/mol. The van der Waals surface area contributed by atoms with Crippen LogP contribution in [0.15, 0.2) is 24.3 Å². The Morgan fingerprint density at radius 3 is 2.65 bits per heavy atom. The zero-order valence-corrected chi connectivity index (χ0v) is 15.4. The van der Waals surface area contributed by atoms with Crippen molar-refractivity contribution in [1.29, 1.82) is 0 Å². The average Bonchev–Trinajstić information content (AvgIpc) is 3.03. The highest BCUT2D eigenvalue weighted by atomic mass is 16.2. The van der Waals surface area contributed by atoms with Crippen LogP contribution in [-0.4, -0.2) is 49.4 Å². The number of benzene rings is 1. The Balaban J connectivity index is 1.37. The molecule has 3 saturated heterocycles. The molecule has 2 N–H and O–H groups in total. The van der Waals surface area contributed by atoms with E-state index in [4.69, 9.17) is 0 Å². The van der Waals surface area contributed by atoms with Crippen LogP contribution in [0.1, 0.15) is 48.0 Å². The Bertz CT molecular complexity index is 674. The van der Waals surface area contributed by atoms with Crippen molar-refractivity contribution < 1.29 is 9.59 Å². The number of hydrogen-bond donors (Lipinski definition) is 2. The van der Waals surface area contributed by atoms with E-state index in [2.05, 4.69) is 22.8 Å². The number of amides is 2. The van der Waals surface area contributed by atoms with Crippen LogP contribution in [0.3, 0.4) is 0 Å². The maximum absolute atomic E-state index is 12.9. The molecule has 5 nitrogen and oxygen atoms in total. The molecule has 2 amide bonds. The second-order valence-electron chi connectivity index (χ2n) is 8.34. The van der Waals surface area contributed by atoms with E-state index in [9.17, 15) is 9.59 Å². The van der Waals surface area contributed by atoms with Gasteiger partial charge >= 0.3 is 0 Å². The second-order valence-corrected chi connectivity index (χ2v) is 8.34. The van der Waals surface area contributed by atoms with Gasteiger partial charge in [-0.1, -0.05) is 12.1 Å². The zero-order valence-electron chi connectivity index (χ0n) is 15.4. The van der Waals surface area contributed by atoms with Gasteiger partial charge in [0.15, 0.2) is 0 Å². The molecule has 1 aromatic carbocycles. The molecule has 0 radical (unpaired) electrons. The highest BCUT2D eigenvalue weighted by molar-refractivity contribution is 5.94. The molecule has 26 heavy (non-hydrogen) atoms. The molecule has 0 atom stereocenters. The normalized spacial score (nSPS) is 23.2. The van der Waals surface area contributed by atoms with E-state index in [1.807, 2.05) is 17.0 Å². The summed E-state index contributed by atoms with van der Waals surface area (Å²) in [6.07, 6.45) is 5.98. The van der Waals surface area contributed by atoms with Crippen molar-refractivity contribution in [2.24, 2.45) is 11.3 Å². The Hall–Kier alpha value is -1.88. The standard InChI is InChI=1S/C21H29N3O2/c25-19-14-21(15-23-19)6-10-24(11-7-21)20(26)18-3-1-2-17(13-18)12-16-4-8-22-9-5-16/h1-3,13,16,22H,4-12,14-15H2,(H,23,25). The molecule has 3 fully saturated rings. The zero-order chi connectivity index (χ0) is 18.0. The number of nitrogens with zero attached hydrogens (tertiary/aromatic N) is 1. The smallest absolute Gasteiger partial charge is 0.253 e. The number of hydrogen-bond acceptors (Lipinski definition) is 3. The maximum atomic E-state index is 12.9. The summed E-state index contributed by atoms with van der Waals surface area (Å²) in [7, 11) is 0. The van der Waals surface area contributed by atoms with Gasteiger partial charge in [0.25, 0.3) is 5.91 Å². The summed E-state index contributed by atoms with van der Waals surface area (Å²) < 4.78 is 0. The van der Waals surface area contributed by atoms with Gasteiger partial charge in [-0.25, -0.2) is 0 Å². The molecule has 0 bridgehead atoms. The van der Waals surface area contributed by atoms with Crippen molar-refractivity contribution in [3.05, 3.63) is 35.4 Å². The molecule has 3 aliphatic rings. The first-order valence-corrected chi connectivity index (χ1v) is 9.99. The minimum atomic E-state index is 0.0880. The van der Waals surface area contributed by atoms with E-state index < -0.39 is 0 Å². The van der Waals surface area contributed by atoms with Crippen molar-refractivity contribution in [1.82, 2.24) is 15.5 Å². The van der Waals surface area contributed by atoms with Gasteiger partial charge in [0.1, 0.15) is 0 Å². The molecule has 5 heteroatoms. The first-order valence-electron chi connectivity index (χ1n) is 9.99. The Morgan fingerprint density at radius 1 is 1.19 bits per heavy atom. The summed E-state index contributed by atoms with van der Waals surface area (Å²) in [4.78, 5) is 26.5. The van der Waals surface area contributed by atoms with Crippen LogP contribution in [-0.2, 0) is 11.2 Å². The van der Waals surface area contributed by atoms with Crippen molar-refractivity contribution in [2.45, 2.75) is 38.5 Å². The van der Waals surface area contributed by atoms with Crippen molar-refractivity contribution in [3.8, 4) is 0 Å². The van der Waals surface area contributed by atoms with Gasteiger partial charge in [0.2, 0.25) is 5.91 Å². The third-order valence-electron chi connectivity index (χ3n) is 6.46. The third kappa shape index (κ3) is 3.78. The number of nitrogens with one attached hydrogen (secondary N) is 2.